The summed E-state index contributed by atoms with van der Waals surface area (Å²) in [5.74, 6) is 2.64. The fourth-order valence-corrected chi connectivity index (χ4v) is 4.31. The highest BCUT2D eigenvalue weighted by molar-refractivity contribution is 7.98. The third kappa shape index (κ3) is 3.74. The van der Waals surface area contributed by atoms with E-state index in [0.29, 0.717) is 29.4 Å². The lowest BCUT2D eigenvalue weighted by atomic mass is 10.1. The van der Waals surface area contributed by atoms with Gasteiger partial charge in [0.2, 0.25) is 5.78 Å². The van der Waals surface area contributed by atoms with Gasteiger partial charge < -0.3 is 4.74 Å². The monoisotopic (exact) mass is 408 g/mol. The number of ether oxygens (including phenoxy) is 1. The third-order valence-electron chi connectivity index (χ3n) is 4.96. The molecule has 0 fully saturated rings. The quantitative estimate of drug-likeness (QED) is 0.425. The Hall–Kier alpha value is -2.80. The van der Waals surface area contributed by atoms with Gasteiger partial charge in [0, 0.05) is 17.9 Å². The average Bonchev–Trinajstić information content (AvgIpc) is 3.16. The molecule has 0 atom stereocenters. The molecule has 0 N–H and O–H groups in total. The predicted octanol–water partition coefficient (Wildman–Crippen LogP) is 4.39. The molecule has 0 aliphatic heterocycles. The zero-order valence-corrected chi connectivity index (χ0v) is 17.6. The van der Waals surface area contributed by atoms with Crippen LogP contribution >= 0.6 is 11.8 Å². The maximum atomic E-state index is 13.1. The highest BCUT2D eigenvalue weighted by Crippen LogP contribution is 2.28. The number of nitrogens with zero attached hydrogens (tertiary/aromatic N) is 4. The Bertz CT molecular complexity index is 1210. The van der Waals surface area contributed by atoms with E-state index in [1.54, 1.807) is 23.4 Å². The van der Waals surface area contributed by atoms with Crippen molar-refractivity contribution in [1.29, 1.82) is 0 Å². The molecule has 29 heavy (non-hydrogen) atoms. The standard InChI is InChI=1S/C22H24N4O2S/c1-15(2)12-13-25-20(27)17-9-5-6-10-18(17)26-21(25)23-24-22(26)29-14-16-8-4-7-11-19(16)28-3/h4-11,15H,12-14H2,1-3H3. The van der Waals surface area contributed by atoms with Crippen molar-refractivity contribution in [1.82, 2.24) is 19.2 Å². The van der Waals surface area contributed by atoms with E-state index in [1.807, 2.05) is 52.9 Å². The van der Waals surface area contributed by atoms with Gasteiger partial charge in [-0.2, -0.15) is 0 Å². The first kappa shape index (κ1) is 19.5. The van der Waals surface area contributed by atoms with Crippen LogP contribution in [0.15, 0.2) is 58.5 Å². The molecule has 6 nitrogen and oxygen atoms in total. The van der Waals surface area contributed by atoms with Crippen LogP contribution in [0.1, 0.15) is 25.8 Å². The molecular weight excluding hydrogens is 384 g/mol. The number of hydrogen-bond donors (Lipinski definition) is 0. The Kier molecular flexibility index (Phi) is 5.58. The second-order valence-corrected chi connectivity index (χ2v) is 8.32. The smallest absolute Gasteiger partial charge is 0.262 e. The molecule has 150 valence electrons. The number of rotatable bonds is 7. The van der Waals surface area contributed by atoms with Crippen LogP contribution in [0, 0.1) is 5.92 Å². The summed E-state index contributed by atoms with van der Waals surface area (Å²) >= 11 is 1.59. The van der Waals surface area contributed by atoms with Gasteiger partial charge in [-0.25, -0.2) is 0 Å². The minimum Gasteiger partial charge on any atom is -0.496 e. The lowest BCUT2D eigenvalue weighted by Crippen LogP contribution is -2.24. The SMILES string of the molecule is COc1ccccc1CSc1nnc2n(CCC(C)C)c(=O)c3ccccc3n12. The van der Waals surface area contributed by atoms with Gasteiger partial charge in [0.1, 0.15) is 5.75 Å². The van der Waals surface area contributed by atoms with Crippen LogP contribution in [0.4, 0.5) is 0 Å². The van der Waals surface area contributed by atoms with Crippen LogP contribution in [0.2, 0.25) is 0 Å². The number of hydrogen-bond acceptors (Lipinski definition) is 5. The molecule has 2 aromatic carbocycles. The molecule has 7 heteroatoms. The summed E-state index contributed by atoms with van der Waals surface area (Å²) < 4.78 is 9.21. The van der Waals surface area contributed by atoms with Crippen LogP contribution in [-0.2, 0) is 12.3 Å². The van der Waals surface area contributed by atoms with Crippen LogP contribution < -0.4 is 10.3 Å². The number of benzene rings is 2. The van der Waals surface area contributed by atoms with E-state index < -0.39 is 0 Å². The number of aromatic nitrogens is 4. The van der Waals surface area contributed by atoms with Crippen LogP contribution in [0.25, 0.3) is 16.7 Å². The lowest BCUT2D eigenvalue weighted by Gasteiger charge is -2.12. The van der Waals surface area contributed by atoms with Gasteiger partial charge in [0.05, 0.1) is 18.0 Å². The van der Waals surface area contributed by atoms with Crippen molar-refractivity contribution in [3.05, 3.63) is 64.4 Å². The molecule has 0 aliphatic rings. The van der Waals surface area contributed by atoms with Crippen molar-refractivity contribution in [2.24, 2.45) is 5.92 Å². The van der Waals surface area contributed by atoms with E-state index in [4.69, 9.17) is 4.74 Å². The van der Waals surface area contributed by atoms with Crippen LogP contribution in [0.5, 0.6) is 5.75 Å². The largest absolute Gasteiger partial charge is 0.496 e. The summed E-state index contributed by atoms with van der Waals surface area (Å²) in [7, 11) is 1.68. The molecule has 4 aromatic rings. The van der Waals surface area contributed by atoms with Crippen molar-refractivity contribution in [3.63, 3.8) is 0 Å². The van der Waals surface area contributed by atoms with Crippen molar-refractivity contribution >= 4 is 28.4 Å². The van der Waals surface area contributed by atoms with Crippen LogP contribution in [-0.4, -0.2) is 26.3 Å². The zero-order chi connectivity index (χ0) is 20.4. The minimum atomic E-state index is -0.0116. The number of fused-ring (bicyclic) bond motifs is 3. The molecular formula is C22H24N4O2S. The first-order chi connectivity index (χ1) is 14.1. The van der Waals surface area contributed by atoms with Gasteiger partial charge in [0.15, 0.2) is 5.16 Å². The molecule has 4 rings (SSSR count). The second-order valence-electron chi connectivity index (χ2n) is 7.37. The zero-order valence-electron chi connectivity index (χ0n) is 16.8. The van der Waals surface area contributed by atoms with E-state index in [-0.39, 0.29) is 5.56 Å². The Morgan fingerprint density at radius 3 is 2.62 bits per heavy atom. The van der Waals surface area contributed by atoms with E-state index in [2.05, 4.69) is 24.0 Å². The summed E-state index contributed by atoms with van der Waals surface area (Å²) in [6.07, 6.45) is 0.907. The molecule has 0 saturated carbocycles. The van der Waals surface area contributed by atoms with E-state index >= 15 is 0 Å². The minimum absolute atomic E-state index is 0.0116. The second kappa shape index (κ2) is 8.29. The number of para-hydroxylation sites is 2. The fourth-order valence-electron chi connectivity index (χ4n) is 3.38. The third-order valence-corrected chi connectivity index (χ3v) is 5.94. The van der Waals surface area contributed by atoms with Crippen molar-refractivity contribution in [2.75, 3.05) is 7.11 Å². The lowest BCUT2D eigenvalue weighted by molar-refractivity contribution is 0.411. The molecule has 0 unspecified atom stereocenters. The Balaban J connectivity index is 1.81. The maximum Gasteiger partial charge on any atom is 0.262 e. The van der Waals surface area contributed by atoms with Crippen molar-refractivity contribution in [2.45, 2.75) is 37.7 Å². The van der Waals surface area contributed by atoms with Crippen molar-refractivity contribution < 1.29 is 4.74 Å². The van der Waals surface area contributed by atoms with E-state index in [0.717, 1.165) is 28.4 Å². The molecule has 2 aromatic heterocycles. The number of methoxy groups -OCH3 is 1. The molecule has 0 aliphatic carbocycles. The fraction of sp³-hybridized carbons (Fsp3) is 0.318. The average molecular weight is 409 g/mol. The Morgan fingerprint density at radius 2 is 1.83 bits per heavy atom. The van der Waals surface area contributed by atoms with Gasteiger partial charge in [-0.3, -0.25) is 13.8 Å². The number of thioether (sulfide) groups is 1. The predicted molar refractivity (Wildman–Crippen MR) is 117 cm³/mol. The van der Waals surface area contributed by atoms with Gasteiger partial charge in [-0.1, -0.05) is 55.9 Å². The maximum absolute atomic E-state index is 13.1. The van der Waals surface area contributed by atoms with E-state index in [9.17, 15) is 4.79 Å². The Morgan fingerprint density at radius 1 is 1.07 bits per heavy atom. The summed E-state index contributed by atoms with van der Waals surface area (Å²) in [6, 6.07) is 15.6. The molecule has 2 heterocycles. The molecule has 0 saturated heterocycles. The Labute approximate surface area is 173 Å². The highest BCUT2D eigenvalue weighted by Gasteiger charge is 2.17. The van der Waals surface area contributed by atoms with Gasteiger partial charge in [-0.15, -0.1) is 10.2 Å². The summed E-state index contributed by atoms with van der Waals surface area (Å²) in [4.78, 5) is 13.1. The van der Waals surface area contributed by atoms with Gasteiger partial charge >= 0.3 is 0 Å². The molecule has 0 radical (unpaired) electrons. The molecule has 0 bridgehead atoms. The van der Waals surface area contributed by atoms with Crippen LogP contribution in [0.3, 0.4) is 0 Å². The molecule has 0 amide bonds. The summed E-state index contributed by atoms with van der Waals surface area (Å²) in [6.45, 7) is 4.93. The first-order valence-corrected chi connectivity index (χ1v) is 10.7. The summed E-state index contributed by atoms with van der Waals surface area (Å²) in [5, 5.41) is 10.3. The normalized spacial score (nSPS) is 11.6. The van der Waals surface area contributed by atoms with Crippen molar-refractivity contribution in [3.8, 4) is 5.75 Å². The highest BCUT2D eigenvalue weighted by atomic mass is 32.2. The summed E-state index contributed by atoms with van der Waals surface area (Å²) in [5.41, 5.74) is 1.91. The van der Waals surface area contributed by atoms with Gasteiger partial charge in [-0.05, 0) is 30.5 Å². The van der Waals surface area contributed by atoms with E-state index in [1.165, 1.54) is 0 Å². The first-order valence-electron chi connectivity index (χ1n) is 9.71. The van der Waals surface area contributed by atoms with Gasteiger partial charge in [0.25, 0.3) is 5.56 Å². The molecule has 0 spiro atoms. The number of aryl methyl sites for hydroxylation is 1. The topological polar surface area (TPSA) is 61.4 Å².